The van der Waals surface area contributed by atoms with Crippen molar-refractivity contribution in [2.75, 3.05) is 18.1 Å². The third-order valence-electron chi connectivity index (χ3n) is 3.62. The van der Waals surface area contributed by atoms with Crippen LogP contribution < -0.4 is 4.90 Å². The Morgan fingerprint density at radius 2 is 1.88 bits per heavy atom. The Morgan fingerprint density at radius 3 is 2.54 bits per heavy atom. The number of carbonyl (C=O) groups is 2. The van der Waals surface area contributed by atoms with Gasteiger partial charge in [-0.3, -0.25) is 4.79 Å². The maximum absolute atomic E-state index is 12.5. The van der Waals surface area contributed by atoms with Crippen LogP contribution in [0.15, 0.2) is 42.5 Å². The van der Waals surface area contributed by atoms with Crippen molar-refractivity contribution in [3.63, 3.8) is 0 Å². The first kappa shape index (κ1) is 19.8. The van der Waals surface area contributed by atoms with Gasteiger partial charge in [0.15, 0.2) is 6.61 Å². The number of benzene rings is 2. The van der Waals surface area contributed by atoms with Crippen LogP contribution in [0.4, 0.5) is 5.69 Å². The van der Waals surface area contributed by atoms with Crippen molar-refractivity contribution in [3.8, 4) is 6.07 Å². The number of hydrogen-bond donors (Lipinski definition) is 0. The normalized spacial score (nSPS) is 10.1. The molecule has 0 aliphatic heterocycles. The minimum Gasteiger partial charge on any atom is -0.452 e. The predicted octanol–water partition coefficient (Wildman–Crippen LogP) is 4.41. The van der Waals surface area contributed by atoms with Gasteiger partial charge in [-0.2, -0.15) is 5.26 Å². The largest absolute Gasteiger partial charge is 0.452 e. The maximum Gasteiger partial charge on any atom is 0.340 e. The number of amides is 1. The van der Waals surface area contributed by atoms with Gasteiger partial charge in [0.2, 0.25) is 0 Å². The molecule has 7 heteroatoms. The van der Waals surface area contributed by atoms with Gasteiger partial charge >= 0.3 is 5.97 Å². The summed E-state index contributed by atoms with van der Waals surface area (Å²) in [6, 6.07) is 13.5. The predicted molar refractivity (Wildman–Crippen MR) is 101 cm³/mol. The van der Waals surface area contributed by atoms with Gasteiger partial charge in [0.25, 0.3) is 5.91 Å². The van der Waals surface area contributed by atoms with Crippen LogP contribution >= 0.6 is 23.2 Å². The molecule has 0 spiro atoms. The number of hydrogen-bond acceptors (Lipinski definition) is 4. The number of halogens is 2. The molecule has 2 aromatic carbocycles. The Kier molecular flexibility index (Phi) is 7.02. The van der Waals surface area contributed by atoms with Crippen molar-refractivity contribution >= 4 is 40.8 Å². The van der Waals surface area contributed by atoms with E-state index >= 15 is 0 Å². The Bertz CT molecular complexity index is 862. The molecule has 0 unspecified atom stereocenters. The second-order valence-electron chi connectivity index (χ2n) is 5.44. The number of carbonyl (C=O) groups excluding carboxylic acids is 2. The SMILES string of the molecule is Cc1cc(N(CCC#N)C(=O)COC(=O)c2ccccc2Cl)ccc1Cl. The molecule has 0 radical (unpaired) electrons. The Balaban J connectivity index is 2.11. The highest BCUT2D eigenvalue weighted by molar-refractivity contribution is 6.33. The fraction of sp³-hybridized carbons (Fsp3) is 0.211. The lowest BCUT2D eigenvalue weighted by molar-refractivity contribution is -0.121. The van der Waals surface area contributed by atoms with Gasteiger partial charge in [0.05, 0.1) is 23.1 Å². The number of nitrogens with zero attached hydrogens (tertiary/aromatic N) is 2. The monoisotopic (exact) mass is 390 g/mol. The zero-order valence-corrected chi connectivity index (χ0v) is 15.5. The maximum atomic E-state index is 12.5. The molecule has 0 fully saturated rings. The van der Waals surface area contributed by atoms with Gasteiger partial charge in [-0.1, -0.05) is 35.3 Å². The Morgan fingerprint density at radius 1 is 1.15 bits per heavy atom. The second-order valence-corrected chi connectivity index (χ2v) is 6.26. The molecule has 0 atom stereocenters. The van der Waals surface area contributed by atoms with E-state index in [2.05, 4.69) is 0 Å². The highest BCUT2D eigenvalue weighted by Gasteiger charge is 2.19. The van der Waals surface area contributed by atoms with Crippen LogP contribution in [0, 0.1) is 18.3 Å². The second kappa shape index (κ2) is 9.23. The fourth-order valence-corrected chi connectivity index (χ4v) is 2.60. The summed E-state index contributed by atoms with van der Waals surface area (Å²) < 4.78 is 5.08. The summed E-state index contributed by atoms with van der Waals surface area (Å²) in [5.41, 5.74) is 1.57. The molecule has 2 aromatic rings. The van der Waals surface area contributed by atoms with Crippen LogP contribution in [-0.4, -0.2) is 25.0 Å². The molecule has 0 N–H and O–H groups in total. The minimum atomic E-state index is -0.684. The van der Waals surface area contributed by atoms with Crippen LogP contribution in [0.2, 0.25) is 10.0 Å². The van der Waals surface area contributed by atoms with E-state index in [9.17, 15) is 9.59 Å². The molecular formula is C19H16Cl2N2O3. The molecule has 0 heterocycles. The number of aryl methyl sites for hydroxylation is 1. The molecule has 1 amide bonds. The number of anilines is 1. The van der Waals surface area contributed by atoms with E-state index in [0.29, 0.717) is 10.7 Å². The summed E-state index contributed by atoms with van der Waals surface area (Å²) in [6.45, 7) is 1.54. The first-order valence-corrected chi connectivity index (χ1v) is 8.54. The first-order valence-electron chi connectivity index (χ1n) is 7.79. The minimum absolute atomic E-state index is 0.145. The molecule has 0 aromatic heterocycles. The van der Waals surface area contributed by atoms with E-state index in [4.69, 9.17) is 33.2 Å². The van der Waals surface area contributed by atoms with Crippen LogP contribution in [0.5, 0.6) is 0 Å². The van der Waals surface area contributed by atoms with E-state index in [-0.39, 0.29) is 23.6 Å². The van der Waals surface area contributed by atoms with E-state index < -0.39 is 18.5 Å². The van der Waals surface area contributed by atoms with Crippen molar-refractivity contribution in [2.45, 2.75) is 13.3 Å². The quantitative estimate of drug-likeness (QED) is 0.685. The molecular weight excluding hydrogens is 375 g/mol. The third-order valence-corrected chi connectivity index (χ3v) is 4.38. The number of esters is 1. The number of rotatable bonds is 6. The zero-order valence-electron chi connectivity index (χ0n) is 14.0. The first-order chi connectivity index (χ1) is 12.4. The van der Waals surface area contributed by atoms with Crippen molar-refractivity contribution in [1.82, 2.24) is 0 Å². The van der Waals surface area contributed by atoms with Crippen LogP contribution in [0.1, 0.15) is 22.3 Å². The summed E-state index contributed by atoms with van der Waals surface area (Å²) in [5.74, 6) is -1.13. The summed E-state index contributed by atoms with van der Waals surface area (Å²) in [5, 5.41) is 9.66. The van der Waals surface area contributed by atoms with Crippen LogP contribution in [0.3, 0.4) is 0 Å². The van der Waals surface area contributed by atoms with Gasteiger partial charge in [-0.05, 0) is 42.8 Å². The molecule has 0 aliphatic carbocycles. The third kappa shape index (κ3) is 4.98. The summed E-state index contributed by atoms with van der Waals surface area (Å²) in [7, 11) is 0. The molecule has 0 aliphatic rings. The van der Waals surface area contributed by atoms with Crippen molar-refractivity contribution in [1.29, 1.82) is 5.26 Å². The molecule has 0 saturated heterocycles. The highest BCUT2D eigenvalue weighted by atomic mass is 35.5. The Labute approximate surface area is 161 Å². The summed E-state index contributed by atoms with van der Waals surface area (Å²) >= 11 is 12.0. The average Bonchev–Trinajstić information content (AvgIpc) is 2.63. The van der Waals surface area contributed by atoms with Gasteiger partial charge in [-0.25, -0.2) is 4.79 Å². The van der Waals surface area contributed by atoms with Crippen LogP contribution in [-0.2, 0) is 9.53 Å². The fourth-order valence-electron chi connectivity index (χ4n) is 2.27. The molecule has 5 nitrogen and oxygen atoms in total. The van der Waals surface area contributed by atoms with Crippen LogP contribution in [0.25, 0.3) is 0 Å². The Hall–Kier alpha value is -2.55. The van der Waals surface area contributed by atoms with Gasteiger partial charge in [0.1, 0.15) is 0 Å². The molecule has 2 rings (SSSR count). The summed E-state index contributed by atoms with van der Waals surface area (Å²) in [4.78, 5) is 26.0. The highest BCUT2D eigenvalue weighted by Crippen LogP contribution is 2.23. The molecule has 134 valence electrons. The van der Waals surface area contributed by atoms with E-state index in [1.165, 1.54) is 11.0 Å². The zero-order chi connectivity index (χ0) is 19.1. The standard InChI is InChI=1S/C19H16Cl2N2O3/c1-13-11-14(7-8-16(13)20)23(10-4-9-22)18(24)12-26-19(25)15-5-2-3-6-17(15)21/h2-3,5-8,11H,4,10,12H2,1H3. The van der Waals surface area contributed by atoms with Crippen molar-refractivity contribution in [3.05, 3.63) is 63.6 Å². The lowest BCUT2D eigenvalue weighted by Crippen LogP contribution is -2.35. The molecule has 0 bridgehead atoms. The van der Waals surface area contributed by atoms with Gasteiger partial charge < -0.3 is 9.64 Å². The molecule has 26 heavy (non-hydrogen) atoms. The number of nitriles is 1. The molecule has 0 saturated carbocycles. The van der Waals surface area contributed by atoms with E-state index in [1.54, 1.807) is 36.4 Å². The lowest BCUT2D eigenvalue weighted by atomic mass is 10.2. The smallest absolute Gasteiger partial charge is 0.340 e. The van der Waals surface area contributed by atoms with Gasteiger partial charge in [-0.15, -0.1) is 0 Å². The van der Waals surface area contributed by atoms with E-state index in [1.807, 2.05) is 13.0 Å². The van der Waals surface area contributed by atoms with Crippen molar-refractivity contribution < 1.29 is 14.3 Å². The average molecular weight is 391 g/mol. The van der Waals surface area contributed by atoms with E-state index in [0.717, 1.165) is 5.56 Å². The lowest BCUT2D eigenvalue weighted by Gasteiger charge is -2.22. The van der Waals surface area contributed by atoms with Gasteiger partial charge in [0, 0.05) is 17.3 Å². The topological polar surface area (TPSA) is 70.4 Å². The number of ether oxygens (including phenoxy) is 1. The van der Waals surface area contributed by atoms with Crippen molar-refractivity contribution in [2.24, 2.45) is 0 Å². The summed E-state index contributed by atoms with van der Waals surface area (Å²) in [6.07, 6.45) is 0.145.